The monoisotopic (exact) mass is 783 g/mol. The van der Waals surface area contributed by atoms with Gasteiger partial charge in [-0.3, -0.25) is 19.2 Å². The van der Waals surface area contributed by atoms with Crippen LogP contribution in [0.4, 0.5) is 0 Å². The third-order valence-corrected chi connectivity index (χ3v) is 13.2. The molecule has 2 aromatic carbocycles. The average molecular weight is 784 g/mol. The second-order valence-electron chi connectivity index (χ2n) is 16.9. The lowest BCUT2D eigenvalue weighted by Crippen LogP contribution is -2.32. The summed E-state index contributed by atoms with van der Waals surface area (Å²) in [5.74, 6) is -0.844. The summed E-state index contributed by atoms with van der Waals surface area (Å²) in [6, 6.07) is 11.3. The first-order valence-electron chi connectivity index (χ1n) is 21.6. The molecule has 3 aromatic rings. The molecule has 306 valence electrons. The van der Waals surface area contributed by atoms with Gasteiger partial charge in [-0.25, -0.2) is 9.78 Å². The standard InChI is InChI=1S/C46H57NO10/c1-3-28-9-21-34(22-10-28)53-42(48)30-13-15-32(16-14-30)44(50)55-36-25-26-40(38(27-36)41-47-39-8-6-5-7-37(39)46(52)57-41)56-45(51)33-19-17-31(18-20-33)43(49)54-35-23-11-29(4-2)12-24-35/h5-8,25-35H,3-4,9-24H2,1-2H3. The summed E-state index contributed by atoms with van der Waals surface area (Å²) in [7, 11) is 0. The zero-order chi connectivity index (χ0) is 39.9. The summed E-state index contributed by atoms with van der Waals surface area (Å²) in [5, 5.41) is 0.301. The van der Waals surface area contributed by atoms with Crippen molar-refractivity contribution in [3.05, 3.63) is 52.9 Å². The maximum Gasteiger partial charge on any atom is 0.347 e. The second kappa shape index (κ2) is 18.8. The molecule has 0 aliphatic heterocycles. The third-order valence-electron chi connectivity index (χ3n) is 13.2. The van der Waals surface area contributed by atoms with Crippen LogP contribution >= 0.6 is 0 Å². The predicted octanol–water partition coefficient (Wildman–Crippen LogP) is 9.30. The highest BCUT2D eigenvalue weighted by molar-refractivity contribution is 5.83. The van der Waals surface area contributed by atoms with Crippen molar-refractivity contribution in [2.75, 3.05) is 0 Å². The van der Waals surface area contributed by atoms with Gasteiger partial charge in [-0.2, -0.15) is 0 Å². The van der Waals surface area contributed by atoms with Gasteiger partial charge in [0.1, 0.15) is 23.7 Å². The van der Waals surface area contributed by atoms with Crippen LogP contribution in [0.3, 0.4) is 0 Å². The molecule has 4 aliphatic rings. The van der Waals surface area contributed by atoms with Crippen LogP contribution in [-0.4, -0.2) is 41.1 Å². The molecular weight excluding hydrogens is 727 g/mol. The van der Waals surface area contributed by atoms with Gasteiger partial charge >= 0.3 is 29.5 Å². The van der Waals surface area contributed by atoms with Gasteiger partial charge < -0.3 is 23.4 Å². The fourth-order valence-electron chi connectivity index (χ4n) is 9.32. The molecule has 1 aromatic heterocycles. The minimum Gasteiger partial charge on any atom is -0.462 e. The van der Waals surface area contributed by atoms with Crippen molar-refractivity contribution >= 4 is 34.8 Å². The van der Waals surface area contributed by atoms with Crippen molar-refractivity contribution in [2.45, 2.75) is 142 Å². The average Bonchev–Trinajstić information content (AvgIpc) is 3.24. The highest BCUT2D eigenvalue weighted by Crippen LogP contribution is 2.38. The van der Waals surface area contributed by atoms with E-state index in [1.807, 2.05) is 0 Å². The minimum absolute atomic E-state index is 0.00790. The van der Waals surface area contributed by atoms with Gasteiger partial charge in [0.05, 0.1) is 40.1 Å². The van der Waals surface area contributed by atoms with Crippen LogP contribution in [0.15, 0.2) is 51.7 Å². The highest BCUT2D eigenvalue weighted by atomic mass is 16.6. The number of esters is 4. The number of para-hydroxylation sites is 1. The van der Waals surface area contributed by atoms with Crippen molar-refractivity contribution in [2.24, 2.45) is 35.5 Å². The van der Waals surface area contributed by atoms with E-state index in [9.17, 15) is 24.0 Å². The number of carbonyl (C=O) groups is 4. The number of aromatic nitrogens is 1. The third kappa shape index (κ3) is 10.1. The molecule has 0 radical (unpaired) electrons. The van der Waals surface area contributed by atoms with Crippen LogP contribution in [-0.2, 0) is 28.7 Å². The zero-order valence-corrected chi connectivity index (χ0v) is 33.4. The summed E-state index contributed by atoms with van der Waals surface area (Å²) in [6.07, 6.45) is 14.5. The predicted molar refractivity (Wildman–Crippen MR) is 212 cm³/mol. The highest BCUT2D eigenvalue weighted by Gasteiger charge is 2.36. The van der Waals surface area contributed by atoms with Gasteiger partial charge in [-0.1, -0.05) is 38.8 Å². The van der Waals surface area contributed by atoms with E-state index in [1.54, 1.807) is 30.3 Å². The summed E-state index contributed by atoms with van der Waals surface area (Å²) in [4.78, 5) is 70.6. The maximum absolute atomic E-state index is 13.6. The molecule has 0 unspecified atom stereocenters. The van der Waals surface area contributed by atoms with E-state index in [-0.39, 0.29) is 58.9 Å². The molecule has 57 heavy (non-hydrogen) atoms. The summed E-state index contributed by atoms with van der Waals surface area (Å²) >= 11 is 0. The Morgan fingerprint density at radius 3 is 1.58 bits per heavy atom. The molecular formula is C46H57NO10. The quantitative estimate of drug-likeness (QED) is 0.135. The minimum atomic E-state index is -0.609. The first-order chi connectivity index (χ1) is 27.7. The lowest BCUT2D eigenvalue weighted by molar-refractivity contribution is -0.159. The molecule has 0 spiro atoms. The van der Waals surface area contributed by atoms with Crippen LogP contribution in [0.2, 0.25) is 0 Å². The maximum atomic E-state index is 13.6. The van der Waals surface area contributed by atoms with Crippen LogP contribution < -0.4 is 15.1 Å². The summed E-state index contributed by atoms with van der Waals surface area (Å²) in [5.41, 5.74) is -0.0234. The van der Waals surface area contributed by atoms with Crippen molar-refractivity contribution in [1.29, 1.82) is 0 Å². The van der Waals surface area contributed by atoms with Crippen molar-refractivity contribution in [1.82, 2.24) is 4.98 Å². The van der Waals surface area contributed by atoms with Gasteiger partial charge in [0.15, 0.2) is 0 Å². The van der Waals surface area contributed by atoms with Crippen LogP contribution in [0.5, 0.6) is 11.5 Å². The van der Waals surface area contributed by atoms with Gasteiger partial charge in [-0.05, 0) is 145 Å². The SMILES string of the molecule is CCC1CCC(OC(=O)C2CCC(C(=O)Oc3ccc(OC(=O)C4CCC(C(=O)OC5CCC(CC)CC5)CC4)c(-c4nc5ccccc5c(=O)o4)c3)CC2)CC1. The number of rotatable bonds is 11. The second-order valence-corrected chi connectivity index (χ2v) is 16.9. The van der Waals surface area contributed by atoms with E-state index in [2.05, 4.69) is 18.8 Å². The number of carbonyl (C=O) groups excluding carboxylic acids is 4. The number of hydrogen-bond acceptors (Lipinski definition) is 11. The van der Waals surface area contributed by atoms with E-state index in [0.717, 1.165) is 69.6 Å². The topological polar surface area (TPSA) is 148 Å². The summed E-state index contributed by atoms with van der Waals surface area (Å²) < 4.78 is 29.2. The number of hydrogen-bond donors (Lipinski definition) is 0. The van der Waals surface area contributed by atoms with E-state index < -0.39 is 29.4 Å². The van der Waals surface area contributed by atoms with Crippen molar-refractivity contribution in [3.8, 4) is 23.0 Å². The Morgan fingerprint density at radius 2 is 1.07 bits per heavy atom. The summed E-state index contributed by atoms with van der Waals surface area (Å²) in [6.45, 7) is 4.42. The molecule has 0 atom stereocenters. The van der Waals surface area contributed by atoms with Crippen molar-refractivity contribution in [3.63, 3.8) is 0 Å². The van der Waals surface area contributed by atoms with Crippen LogP contribution in [0, 0.1) is 35.5 Å². The van der Waals surface area contributed by atoms with Gasteiger partial charge in [0.2, 0.25) is 5.89 Å². The largest absolute Gasteiger partial charge is 0.462 e. The zero-order valence-electron chi connectivity index (χ0n) is 33.4. The molecule has 11 nitrogen and oxygen atoms in total. The molecule has 7 rings (SSSR count). The number of benzene rings is 2. The lowest BCUT2D eigenvalue weighted by Gasteiger charge is -2.31. The number of fused-ring (bicyclic) bond motifs is 1. The molecule has 0 saturated heterocycles. The van der Waals surface area contributed by atoms with Crippen molar-refractivity contribution < 1.29 is 42.5 Å². The Hall–Kier alpha value is -4.54. The van der Waals surface area contributed by atoms with Gasteiger partial charge in [-0.15, -0.1) is 0 Å². The first kappa shape index (κ1) is 40.6. The normalized spacial score (nSPS) is 27.9. The smallest absolute Gasteiger partial charge is 0.347 e. The van der Waals surface area contributed by atoms with Crippen LogP contribution in [0.1, 0.15) is 129 Å². The van der Waals surface area contributed by atoms with E-state index in [0.29, 0.717) is 62.3 Å². The Morgan fingerprint density at radius 1 is 0.596 bits per heavy atom. The van der Waals surface area contributed by atoms with Gasteiger partial charge in [0.25, 0.3) is 0 Å². The van der Waals surface area contributed by atoms with E-state index in [1.165, 1.54) is 18.6 Å². The first-order valence-corrected chi connectivity index (χ1v) is 21.6. The molecule has 4 fully saturated rings. The molecule has 0 amide bonds. The van der Waals surface area contributed by atoms with E-state index >= 15 is 0 Å². The lowest BCUT2D eigenvalue weighted by atomic mass is 9.81. The van der Waals surface area contributed by atoms with Gasteiger partial charge in [0, 0.05) is 0 Å². The molecule has 4 aliphatic carbocycles. The Balaban J connectivity index is 0.980. The van der Waals surface area contributed by atoms with E-state index in [4.69, 9.17) is 23.4 Å². The molecule has 11 heteroatoms. The molecule has 4 saturated carbocycles. The fraction of sp³-hybridized carbons (Fsp3) is 0.609. The Bertz CT molecular complexity index is 1940. The molecule has 0 bridgehead atoms. The number of ether oxygens (including phenoxy) is 4. The fourth-order valence-corrected chi connectivity index (χ4v) is 9.32. The molecule has 0 N–H and O–H groups in total. The van der Waals surface area contributed by atoms with Crippen LogP contribution in [0.25, 0.3) is 22.4 Å². The Labute approximate surface area is 334 Å². The number of nitrogens with zero attached hydrogens (tertiary/aromatic N) is 1. The molecule has 1 heterocycles. The Kier molecular flexibility index (Phi) is 13.4.